The Balaban J connectivity index is 2.39. The van der Waals surface area contributed by atoms with Gasteiger partial charge in [-0.3, -0.25) is 4.57 Å². The van der Waals surface area contributed by atoms with Crippen molar-refractivity contribution < 1.29 is 23.3 Å². The van der Waals surface area contributed by atoms with Gasteiger partial charge in [0.15, 0.2) is 0 Å². The molecule has 0 spiro atoms. The van der Waals surface area contributed by atoms with Crippen molar-refractivity contribution in [3.05, 3.63) is 77.4 Å². The Morgan fingerprint density at radius 2 is 1.53 bits per heavy atom. The number of benzene rings is 3. The van der Waals surface area contributed by atoms with Crippen LogP contribution in [0.4, 0.5) is 0 Å². The molecule has 0 bridgehead atoms. The second-order valence-corrected chi connectivity index (χ2v) is 13.8. The summed E-state index contributed by atoms with van der Waals surface area (Å²) in [6.07, 6.45) is 0. The standard InChI is InChI=1S/C29H36N2Si/c1-19(2)24-10-9-11-25(20(3)4)28(24)31-27-18-23(32(6,7)8)16-17-26(27)30-29(31)22-14-12-21(5)13-15-22/h9-20H,1-8H3/i1D3,2D3,3D3,4D3,5D3,19D,20D. The number of para-hydroxylation sites is 1. The Morgan fingerprint density at radius 3 is 2.09 bits per heavy atom. The number of hydrogen-bond donors (Lipinski definition) is 0. The maximum atomic E-state index is 9.19. The number of nitrogens with zero attached hydrogens (tertiary/aromatic N) is 2. The zero-order valence-electron chi connectivity index (χ0n) is 35.2. The number of imidazole rings is 1. The minimum atomic E-state index is -3.59. The van der Waals surface area contributed by atoms with E-state index in [-0.39, 0.29) is 28.0 Å². The second kappa shape index (κ2) is 8.36. The van der Waals surface area contributed by atoms with Gasteiger partial charge in [-0.15, -0.1) is 0 Å². The summed E-state index contributed by atoms with van der Waals surface area (Å²) in [5.41, 5.74) is -1.50. The molecular formula is C29H36N2Si. The number of aromatic nitrogens is 2. The van der Waals surface area contributed by atoms with Crippen molar-refractivity contribution in [3.63, 3.8) is 0 Å². The number of hydrogen-bond acceptors (Lipinski definition) is 1. The molecule has 4 aromatic rings. The fourth-order valence-corrected chi connectivity index (χ4v) is 4.92. The van der Waals surface area contributed by atoms with Crippen LogP contribution in [0.25, 0.3) is 28.1 Å². The zero-order chi connectivity index (χ0) is 37.6. The van der Waals surface area contributed by atoms with Crippen molar-refractivity contribution in [1.82, 2.24) is 9.55 Å². The SMILES string of the molecule is [2H]C([2H])([2H])c1ccc(-c2nc3ccc([Si](C)(C)C)cc3n2-c2c(C([2H])(C([2H])([2H])[2H])C([2H])([2H])[2H])cccc2C([2H])(C([2H])([2H])[2H])C([2H])([2H])[2H])cc1. The van der Waals surface area contributed by atoms with E-state index in [1.54, 1.807) is 12.1 Å². The van der Waals surface area contributed by atoms with Gasteiger partial charge in [0.1, 0.15) is 5.82 Å². The molecule has 0 unspecified atom stereocenters. The van der Waals surface area contributed by atoms with Crippen molar-refractivity contribution in [2.75, 3.05) is 0 Å². The van der Waals surface area contributed by atoms with Crippen molar-refractivity contribution in [3.8, 4) is 17.1 Å². The summed E-state index contributed by atoms with van der Waals surface area (Å²) in [6, 6.07) is 13.7. The van der Waals surface area contributed by atoms with E-state index in [9.17, 15) is 2.74 Å². The molecule has 0 aliphatic rings. The van der Waals surface area contributed by atoms with E-state index < -0.39 is 70.9 Å². The van der Waals surface area contributed by atoms with E-state index in [4.69, 9.17) is 25.5 Å². The summed E-state index contributed by atoms with van der Waals surface area (Å²) < 4.78 is 142. The molecule has 3 aromatic carbocycles. The van der Waals surface area contributed by atoms with E-state index in [0.29, 0.717) is 0 Å². The van der Waals surface area contributed by atoms with E-state index in [1.807, 2.05) is 25.7 Å². The van der Waals surface area contributed by atoms with Crippen LogP contribution in [-0.2, 0) is 0 Å². The lowest BCUT2D eigenvalue weighted by molar-refractivity contribution is 0.811. The van der Waals surface area contributed by atoms with Gasteiger partial charge in [-0.1, -0.05) is 106 Å². The lowest BCUT2D eigenvalue weighted by Crippen LogP contribution is -2.37. The first-order chi connectivity index (χ1) is 21.9. The first kappa shape index (κ1) is 9.68. The molecule has 32 heavy (non-hydrogen) atoms. The number of fused-ring (bicyclic) bond motifs is 1. The molecule has 2 nitrogen and oxygen atoms in total. The molecular weight excluding hydrogens is 404 g/mol. The van der Waals surface area contributed by atoms with Gasteiger partial charge in [0.25, 0.3) is 0 Å². The van der Waals surface area contributed by atoms with Crippen LogP contribution in [0.5, 0.6) is 0 Å². The van der Waals surface area contributed by atoms with Crippen molar-refractivity contribution >= 4 is 24.3 Å². The van der Waals surface area contributed by atoms with Crippen LogP contribution in [0.1, 0.15) is 79.2 Å². The molecule has 0 aliphatic heterocycles. The summed E-state index contributed by atoms with van der Waals surface area (Å²) in [4.78, 5) is 4.72. The summed E-state index contributed by atoms with van der Waals surface area (Å²) in [5, 5.41) is 0.844. The minimum Gasteiger partial charge on any atom is -0.292 e. The molecule has 0 atom stereocenters. The third-order valence-corrected chi connectivity index (χ3v) is 7.50. The summed E-state index contributed by atoms with van der Waals surface area (Å²) >= 11 is 0. The largest absolute Gasteiger partial charge is 0.292 e. The zero-order valence-corrected chi connectivity index (χ0v) is 19.2. The molecule has 0 saturated carbocycles. The molecule has 1 aromatic heterocycles. The Bertz CT molecular complexity index is 1770. The Kier molecular flexibility index (Phi) is 2.53. The average Bonchev–Trinajstić information content (AvgIpc) is 3.31. The quantitative estimate of drug-likeness (QED) is 0.280. The van der Waals surface area contributed by atoms with Crippen LogP contribution in [0.15, 0.2) is 60.7 Å². The second-order valence-electron chi connectivity index (χ2n) is 8.75. The molecule has 0 N–H and O–H groups in total. The highest BCUT2D eigenvalue weighted by molar-refractivity contribution is 6.88. The van der Waals surface area contributed by atoms with Crippen LogP contribution in [-0.4, -0.2) is 17.6 Å². The van der Waals surface area contributed by atoms with Crippen LogP contribution in [0.2, 0.25) is 19.6 Å². The molecule has 0 amide bonds. The van der Waals surface area contributed by atoms with Gasteiger partial charge >= 0.3 is 0 Å². The van der Waals surface area contributed by atoms with E-state index in [0.717, 1.165) is 23.4 Å². The van der Waals surface area contributed by atoms with Crippen LogP contribution in [0.3, 0.4) is 0 Å². The number of aryl methyl sites for hydroxylation is 1. The third-order valence-electron chi connectivity index (χ3n) is 5.46. The lowest BCUT2D eigenvalue weighted by atomic mass is 9.92. The molecule has 4 rings (SSSR count). The summed E-state index contributed by atoms with van der Waals surface area (Å²) in [7, 11) is -2.13. The molecule has 0 aliphatic carbocycles. The number of rotatable bonds is 5. The van der Waals surface area contributed by atoms with Crippen LogP contribution < -0.4 is 5.19 Å². The Hall–Kier alpha value is -2.65. The molecule has 0 fully saturated rings. The van der Waals surface area contributed by atoms with Gasteiger partial charge in [0, 0.05) is 28.9 Å². The van der Waals surface area contributed by atoms with Crippen molar-refractivity contribution in [1.29, 1.82) is 0 Å². The monoisotopic (exact) mass is 457 g/mol. The molecule has 0 radical (unpaired) electrons. The fourth-order valence-electron chi connectivity index (χ4n) is 3.77. The van der Waals surface area contributed by atoms with Gasteiger partial charge in [-0.25, -0.2) is 4.98 Å². The van der Waals surface area contributed by atoms with Gasteiger partial charge in [0.05, 0.1) is 24.8 Å². The van der Waals surface area contributed by atoms with E-state index >= 15 is 0 Å². The Labute approximate surface area is 218 Å². The van der Waals surface area contributed by atoms with Gasteiger partial charge < -0.3 is 0 Å². The smallest absolute Gasteiger partial charge is 0.145 e. The maximum Gasteiger partial charge on any atom is 0.145 e. The first-order valence-corrected chi connectivity index (χ1v) is 13.7. The van der Waals surface area contributed by atoms with Gasteiger partial charge in [-0.05, 0) is 41.9 Å². The summed E-state index contributed by atoms with van der Waals surface area (Å²) in [6.45, 7) is -10.7. The minimum absolute atomic E-state index is 0.0222. The predicted molar refractivity (Wildman–Crippen MR) is 142 cm³/mol. The topological polar surface area (TPSA) is 17.8 Å². The average molecular weight is 458 g/mol. The molecule has 0 saturated heterocycles. The highest BCUT2D eigenvalue weighted by Crippen LogP contribution is 2.37. The maximum absolute atomic E-state index is 9.19. The molecule has 3 heteroatoms. The van der Waals surface area contributed by atoms with Crippen LogP contribution >= 0.6 is 0 Å². The third kappa shape index (κ3) is 4.06. The predicted octanol–water partition coefficient (Wildman–Crippen LogP) is 7.79. The van der Waals surface area contributed by atoms with Crippen molar-refractivity contribution in [2.24, 2.45) is 0 Å². The van der Waals surface area contributed by atoms with Crippen molar-refractivity contribution in [2.45, 2.75) is 65.7 Å². The summed E-state index contributed by atoms with van der Waals surface area (Å²) in [5.74, 6) is -7.00. The molecule has 166 valence electrons. The van der Waals surface area contributed by atoms with E-state index in [2.05, 4.69) is 0 Å². The van der Waals surface area contributed by atoms with Crippen LogP contribution in [0, 0.1) is 6.85 Å². The Morgan fingerprint density at radius 1 is 0.875 bits per heavy atom. The molecule has 1 heterocycles. The normalized spacial score (nSPS) is 22.8. The highest BCUT2D eigenvalue weighted by Gasteiger charge is 2.24. The fraction of sp³-hybridized carbons (Fsp3) is 0.345. The first-order valence-electron chi connectivity index (χ1n) is 18.7. The lowest BCUT2D eigenvalue weighted by Gasteiger charge is -2.23. The van der Waals surface area contributed by atoms with E-state index in [1.165, 1.54) is 28.8 Å². The highest BCUT2D eigenvalue weighted by atomic mass is 28.3. The van der Waals surface area contributed by atoms with Gasteiger partial charge in [-0.2, -0.15) is 0 Å². The van der Waals surface area contributed by atoms with Gasteiger partial charge in [0.2, 0.25) is 0 Å².